The number of terminal acetylenes is 1. The summed E-state index contributed by atoms with van der Waals surface area (Å²) in [6, 6.07) is 12.8. The standard InChI is InChI=1S/C23H25ClN2O4/c1-4-11-29-21-12-17(9-10-20(21)28-3)13-25-23(27)26-14-22(30-15-16(26)2)18-7-5-6-8-19(18)24/h1,5-10,12,16,22H,11,13-15H2,2-3H3,(H,25,27). The van der Waals surface area contributed by atoms with Crippen LogP contribution in [0.1, 0.15) is 24.2 Å². The van der Waals surface area contributed by atoms with Crippen molar-refractivity contribution in [3.05, 3.63) is 58.6 Å². The molecule has 2 aromatic rings. The number of morpholine rings is 1. The predicted octanol–water partition coefficient (Wildman–Crippen LogP) is 4.03. The maximum Gasteiger partial charge on any atom is 0.318 e. The van der Waals surface area contributed by atoms with E-state index in [1.54, 1.807) is 18.1 Å². The molecule has 1 saturated heterocycles. The molecule has 1 N–H and O–H groups in total. The maximum absolute atomic E-state index is 12.9. The van der Waals surface area contributed by atoms with Gasteiger partial charge in [-0.1, -0.05) is 41.8 Å². The van der Waals surface area contributed by atoms with Crippen LogP contribution in [0, 0.1) is 12.3 Å². The zero-order valence-corrected chi connectivity index (χ0v) is 17.8. The van der Waals surface area contributed by atoms with E-state index >= 15 is 0 Å². The molecule has 0 aromatic heterocycles. The minimum atomic E-state index is -0.259. The van der Waals surface area contributed by atoms with E-state index in [1.807, 2.05) is 43.3 Å². The highest BCUT2D eigenvalue weighted by Crippen LogP contribution is 2.30. The molecule has 2 unspecified atom stereocenters. The molecule has 7 heteroatoms. The summed E-state index contributed by atoms with van der Waals surface area (Å²) < 4.78 is 16.7. The van der Waals surface area contributed by atoms with Crippen molar-refractivity contribution in [2.45, 2.75) is 25.6 Å². The summed E-state index contributed by atoms with van der Waals surface area (Å²) in [7, 11) is 1.56. The highest BCUT2D eigenvalue weighted by molar-refractivity contribution is 6.31. The van der Waals surface area contributed by atoms with Gasteiger partial charge in [-0.25, -0.2) is 4.79 Å². The molecule has 1 heterocycles. The van der Waals surface area contributed by atoms with E-state index in [4.69, 9.17) is 32.2 Å². The summed E-state index contributed by atoms with van der Waals surface area (Å²) in [6.45, 7) is 3.31. The molecule has 0 aliphatic carbocycles. The van der Waals surface area contributed by atoms with Gasteiger partial charge in [-0.2, -0.15) is 0 Å². The van der Waals surface area contributed by atoms with E-state index in [0.29, 0.717) is 36.2 Å². The van der Waals surface area contributed by atoms with Crippen molar-refractivity contribution in [3.63, 3.8) is 0 Å². The third-order valence-electron chi connectivity index (χ3n) is 4.93. The Morgan fingerprint density at radius 1 is 1.33 bits per heavy atom. The second kappa shape index (κ2) is 10.2. The number of benzene rings is 2. The lowest BCUT2D eigenvalue weighted by Gasteiger charge is -2.38. The number of halogens is 1. The zero-order valence-electron chi connectivity index (χ0n) is 17.1. The fraction of sp³-hybridized carbons (Fsp3) is 0.348. The van der Waals surface area contributed by atoms with Crippen LogP contribution < -0.4 is 14.8 Å². The third kappa shape index (κ3) is 5.18. The summed E-state index contributed by atoms with van der Waals surface area (Å²) in [5, 5.41) is 3.60. The average Bonchev–Trinajstić information content (AvgIpc) is 2.77. The Hall–Kier alpha value is -2.88. The largest absolute Gasteiger partial charge is 0.493 e. The maximum atomic E-state index is 12.9. The van der Waals surface area contributed by atoms with E-state index in [1.165, 1.54) is 0 Å². The lowest BCUT2D eigenvalue weighted by Crippen LogP contribution is -2.51. The van der Waals surface area contributed by atoms with Crippen LogP contribution in [0.3, 0.4) is 0 Å². The minimum absolute atomic E-state index is 0.0471. The molecule has 0 spiro atoms. The number of nitrogens with one attached hydrogen (secondary N) is 1. The molecule has 2 amide bonds. The first-order valence-corrected chi connectivity index (χ1v) is 10.0. The molecule has 1 aliphatic heterocycles. The lowest BCUT2D eigenvalue weighted by molar-refractivity contribution is -0.0427. The first kappa shape index (κ1) is 21.8. The van der Waals surface area contributed by atoms with Gasteiger partial charge in [0.2, 0.25) is 0 Å². The first-order chi connectivity index (χ1) is 14.5. The summed E-state index contributed by atoms with van der Waals surface area (Å²) in [4.78, 5) is 14.6. The molecular weight excluding hydrogens is 404 g/mol. The SMILES string of the molecule is C#CCOc1cc(CNC(=O)N2CC(c3ccccc3Cl)OCC2C)ccc1OC. The summed E-state index contributed by atoms with van der Waals surface area (Å²) in [6.07, 6.45) is 5.01. The zero-order chi connectivity index (χ0) is 21.5. The number of carbonyl (C=O) groups is 1. The quantitative estimate of drug-likeness (QED) is 0.705. The number of ether oxygens (including phenoxy) is 3. The molecular formula is C23H25ClN2O4. The third-order valence-corrected chi connectivity index (χ3v) is 5.27. The van der Waals surface area contributed by atoms with Crippen molar-refractivity contribution >= 4 is 17.6 Å². The van der Waals surface area contributed by atoms with Gasteiger partial charge in [0.05, 0.1) is 26.3 Å². The number of hydrogen-bond acceptors (Lipinski definition) is 4. The number of rotatable bonds is 6. The number of urea groups is 1. The number of amides is 2. The van der Waals surface area contributed by atoms with Crippen molar-refractivity contribution < 1.29 is 19.0 Å². The van der Waals surface area contributed by atoms with Crippen LogP contribution in [-0.2, 0) is 11.3 Å². The van der Waals surface area contributed by atoms with E-state index in [9.17, 15) is 4.79 Å². The van der Waals surface area contributed by atoms with Crippen molar-refractivity contribution in [3.8, 4) is 23.8 Å². The van der Waals surface area contributed by atoms with Crippen molar-refractivity contribution in [1.82, 2.24) is 10.2 Å². The molecule has 158 valence electrons. The van der Waals surface area contributed by atoms with Gasteiger partial charge in [0.25, 0.3) is 0 Å². The van der Waals surface area contributed by atoms with E-state index in [0.717, 1.165) is 11.1 Å². The van der Waals surface area contributed by atoms with E-state index < -0.39 is 0 Å². The van der Waals surface area contributed by atoms with Crippen LogP contribution in [0.4, 0.5) is 4.79 Å². The van der Waals surface area contributed by atoms with Gasteiger partial charge in [0, 0.05) is 17.1 Å². The Bertz CT molecular complexity index is 928. The topological polar surface area (TPSA) is 60.0 Å². The molecule has 6 nitrogen and oxygen atoms in total. The van der Waals surface area contributed by atoms with Gasteiger partial charge in [-0.05, 0) is 30.7 Å². The molecule has 1 fully saturated rings. The van der Waals surface area contributed by atoms with Crippen molar-refractivity contribution in [2.75, 3.05) is 26.9 Å². The van der Waals surface area contributed by atoms with Crippen LogP contribution in [0.25, 0.3) is 0 Å². The fourth-order valence-corrected chi connectivity index (χ4v) is 3.56. The lowest BCUT2D eigenvalue weighted by atomic mass is 10.1. The Balaban J connectivity index is 1.65. The van der Waals surface area contributed by atoms with Crippen molar-refractivity contribution in [1.29, 1.82) is 0 Å². The number of methoxy groups -OCH3 is 1. The molecule has 2 aromatic carbocycles. The van der Waals surface area contributed by atoms with E-state index in [-0.39, 0.29) is 24.8 Å². The van der Waals surface area contributed by atoms with E-state index in [2.05, 4.69) is 11.2 Å². The van der Waals surface area contributed by atoms with Crippen LogP contribution in [0.2, 0.25) is 5.02 Å². The van der Waals surface area contributed by atoms with Crippen LogP contribution in [0.15, 0.2) is 42.5 Å². The second-order valence-corrected chi connectivity index (χ2v) is 7.39. The van der Waals surface area contributed by atoms with Gasteiger partial charge in [-0.15, -0.1) is 6.42 Å². The van der Waals surface area contributed by atoms with Gasteiger partial charge in [-0.3, -0.25) is 0 Å². The Morgan fingerprint density at radius 3 is 2.87 bits per heavy atom. The molecule has 0 radical (unpaired) electrons. The highest BCUT2D eigenvalue weighted by atomic mass is 35.5. The Morgan fingerprint density at radius 2 is 2.13 bits per heavy atom. The monoisotopic (exact) mass is 428 g/mol. The van der Waals surface area contributed by atoms with Gasteiger partial charge >= 0.3 is 6.03 Å². The number of hydrogen-bond donors (Lipinski definition) is 1. The first-order valence-electron chi connectivity index (χ1n) is 9.67. The predicted molar refractivity (Wildman–Crippen MR) is 116 cm³/mol. The molecule has 0 bridgehead atoms. The Kier molecular flexibility index (Phi) is 7.45. The molecule has 0 saturated carbocycles. The van der Waals surface area contributed by atoms with Crippen LogP contribution >= 0.6 is 11.6 Å². The molecule has 30 heavy (non-hydrogen) atoms. The van der Waals surface area contributed by atoms with Gasteiger partial charge in [0.1, 0.15) is 12.7 Å². The number of nitrogens with zero attached hydrogens (tertiary/aromatic N) is 1. The molecule has 3 rings (SSSR count). The summed E-state index contributed by atoms with van der Waals surface area (Å²) >= 11 is 6.30. The molecule has 2 atom stereocenters. The average molecular weight is 429 g/mol. The normalized spacial score (nSPS) is 18.4. The summed E-state index contributed by atoms with van der Waals surface area (Å²) in [5.41, 5.74) is 1.76. The fourth-order valence-electron chi connectivity index (χ4n) is 3.31. The number of carbonyl (C=O) groups excluding carboxylic acids is 1. The Labute approximate surface area is 182 Å². The smallest absolute Gasteiger partial charge is 0.318 e. The van der Waals surface area contributed by atoms with Gasteiger partial charge < -0.3 is 24.4 Å². The molecule has 1 aliphatic rings. The summed E-state index contributed by atoms with van der Waals surface area (Å²) in [5.74, 6) is 3.56. The highest BCUT2D eigenvalue weighted by Gasteiger charge is 2.31. The minimum Gasteiger partial charge on any atom is -0.493 e. The van der Waals surface area contributed by atoms with Gasteiger partial charge in [0.15, 0.2) is 11.5 Å². The van der Waals surface area contributed by atoms with Crippen LogP contribution in [0.5, 0.6) is 11.5 Å². The van der Waals surface area contributed by atoms with Crippen molar-refractivity contribution in [2.24, 2.45) is 0 Å². The van der Waals surface area contributed by atoms with Crippen LogP contribution in [-0.4, -0.2) is 43.8 Å². The second-order valence-electron chi connectivity index (χ2n) is 6.98.